The predicted octanol–water partition coefficient (Wildman–Crippen LogP) is 2.85. The molecule has 0 bridgehead atoms. The van der Waals surface area contributed by atoms with Gasteiger partial charge in [-0.3, -0.25) is 14.5 Å². The molecule has 0 aromatic heterocycles. The number of hydrogen-bond acceptors (Lipinski definition) is 3. The van der Waals surface area contributed by atoms with Crippen molar-refractivity contribution in [1.82, 2.24) is 10.2 Å². The van der Waals surface area contributed by atoms with Crippen LogP contribution in [0.2, 0.25) is 0 Å². The Morgan fingerprint density at radius 1 is 1.28 bits per heavy atom. The number of ether oxygens (including phenoxy) is 1. The summed E-state index contributed by atoms with van der Waals surface area (Å²) in [4.78, 5) is 27.4. The maximum absolute atomic E-state index is 13.6. The number of hydrogen-bond donors (Lipinski definition) is 1. The smallest absolute Gasteiger partial charge is 0.256 e. The highest BCUT2D eigenvalue weighted by atomic mass is 19.1. The average Bonchev–Trinajstić information content (AvgIpc) is 2.93. The zero-order valence-electron chi connectivity index (χ0n) is 14.8. The number of carbonyl (C=O) groups is 2. The topological polar surface area (TPSA) is 58.6 Å². The van der Waals surface area contributed by atoms with Gasteiger partial charge in [0.05, 0.1) is 6.61 Å². The number of rotatable bonds is 3. The van der Waals surface area contributed by atoms with E-state index in [1.807, 2.05) is 13.8 Å². The molecule has 5 nitrogen and oxygen atoms in total. The molecule has 1 atom stereocenters. The predicted molar refractivity (Wildman–Crippen MR) is 91.4 cm³/mol. The Labute approximate surface area is 147 Å². The molecule has 1 spiro atoms. The van der Waals surface area contributed by atoms with Crippen molar-refractivity contribution in [1.29, 1.82) is 0 Å². The van der Waals surface area contributed by atoms with Crippen molar-refractivity contribution in [3.8, 4) is 0 Å². The monoisotopic (exact) mass is 348 g/mol. The highest BCUT2D eigenvalue weighted by Crippen LogP contribution is 2.41. The lowest BCUT2D eigenvalue weighted by Crippen LogP contribution is -2.57. The Morgan fingerprint density at radius 2 is 2.00 bits per heavy atom. The Kier molecular flexibility index (Phi) is 5.08. The minimum Gasteiger partial charge on any atom is -0.353 e. The van der Waals surface area contributed by atoms with Crippen LogP contribution in [-0.4, -0.2) is 41.1 Å². The summed E-state index contributed by atoms with van der Waals surface area (Å²) in [5.41, 5.74) is -0.501. The number of nitrogens with one attached hydrogen (secondary N) is 1. The van der Waals surface area contributed by atoms with E-state index < -0.39 is 17.6 Å². The van der Waals surface area contributed by atoms with Crippen molar-refractivity contribution >= 4 is 11.8 Å². The van der Waals surface area contributed by atoms with Gasteiger partial charge in [-0.05, 0) is 57.7 Å². The average molecular weight is 348 g/mol. The fourth-order valence-electron chi connectivity index (χ4n) is 3.81. The summed E-state index contributed by atoms with van der Waals surface area (Å²) in [5, 5.41) is 2.87. The third-order valence-electron chi connectivity index (χ3n) is 4.92. The molecule has 2 amide bonds. The van der Waals surface area contributed by atoms with Crippen molar-refractivity contribution in [2.24, 2.45) is 0 Å². The standard InChI is InChI=1S/C19H25FN2O3/c1-13(2)21-17(23)16-12-25-19(9-4-3-5-10-19)22(16)18(24)14-7-6-8-15(20)11-14/h6-8,11,13,16H,3-5,9-10,12H2,1-2H3,(H,21,23)/t16-/m0/s1. The Balaban J connectivity index is 1.94. The number of benzene rings is 1. The summed E-state index contributed by atoms with van der Waals surface area (Å²) in [6.45, 7) is 3.94. The molecule has 1 aromatic rings. The lowest BCUT2D eigenvalue weighted by Gasteiger charge is -2.41. The van der Waals surface area contributed by atoms with E-state index in [1.54, 1.807) is 11.0 Å². The second kappa shape index (κ2) is 7.12. The molecule has 2 aliphatic rings. The summed E-state index contributed by atoms with van der Waals surface area (Å²) in [6, 6.07) is 4.90. The third-order valence-corrected chi connectivity index (χ3v) is 4.92. The largest absolute Gasteiger partial charge is 0.353 e. The molecular weight excluding hydrogens is 323 g/mol. The minimum absolute atomic E-state index is 0.0264. The normalized spacial score (nSPS) is 22.4. The first-order valence-electron chi connectivity index (χ1n) is 8.96. The van der Waals surface area contributed by atoms with Crippen LogP contribution < -0.4 is 5.32 Å². The van der Waals surface area contributed by atoms with Crippen LogP contribution in [0.5, 0.6) is 0 Å². The van der Waals surface area contributed by atoms with Crippen LogP contribution in [0.1, 0.15) is 56.3 Å². The molecule has 2 fully saturated rings. The molecule has 3 rings (SSSR count). The molecule has 0 radical (unpaired) electrons. The first kappa shape index (κ1) is 17.9. The van der Waals surface area contributed by atoms with E-state index in [9.17, 15) is 14.0 Å². The van der Waals surface area contributed by atoms with Gasteiger partial charge in [-0.1, -0.05) is 12.5 Å². The van der Waals surface area contributed by atoms with Crippen LogP contribution >= 0.6 is 0 Å². The summed E-state index contributed by atoms with van der Waals surface area (Å²) in [5.74, 6) is -1.03. The molecule has 6 heteroatoms. The summed E-state index contributed by atoms with van der Waals surface area (Å²) >= 11 is 0. The molecular formula is C19H25FN2O3. The molecule has 25 heavy (non-hydrogen) atoms. The van der Waals surface area contributed by atoms with Gasteiger partial charge in [0.15, 0.2) is 0 Å². The van der Waals surface area contributed by atoms with Crippen molar-refractivity contribution in [3.63, 3.8) is 0 Å². The molecule has 1 aliphatic carbocycles. The van der Waals surface area contributed by atoms with Gasteiger partial charge < -0.3 is 10.1 Å². The first-order valence-corrected chi connectivity index (χ1v) is 8.96. The summed E-state index contributed by atoms with van der Waals surface area (Å²) < 4.78 is 19.6. The number of nitrogens with zero attached hydrogens (tertiary/aromatic N) is 1. The fourth-order valence-corrected chi connectivity index (χ4v) is 3.81. The van der Waals surface area contributed by atoms with Gasteiger partial charge in [0.1, 0.15) is 17.6 Å². The molecule has 1 N–H and O–H groups in total. The Bertz CT molecular complexity index is 656. The van der Waals surface area contributed by atoms with E-state index in [-0.39, 0.29) is 30.0 Å². The first-order chi connectivity index (χ1) is 11.9. The minimum atomic E-state index is -0.749. The van der Waals surface area contributed by atoms with Gasteiger partial charge in [0, 0.05) is 11.6 Å². The van der Waals surface area contributed by atoms with Gasteiger partial charge in [-0.2, -0.15) is 0 Å². The van der Waals surface area contributed by atoms with Gasteiger partial charge >= 0.3 is 0 Å². The van der Waals surface area contributed by atoms with Crippen LogP contribution in [0.4, 0.5) is 4.39 Å². The van der Waals surface area contributed by atoms with Crippen LogP contribution in [0.3, 0.4) is 0 Å². The highest BCUT2D eigenvalue weighted by Gasteiger charge is 2.53. The van der Waals surface area contributed by atoms with Gasteiger partial charge in [-0.25, -0.2) is 4.39 Å². The van der Waals surface area contributed by atoms with Gasteiger partial charge in [0.2, 0.25) is 5.91 Å². The lowest BCUT2D eigenvalue weighted by molar-refractivity contribution is -0.127. The SMILES string of the molecule is CC(C)NC(=O)[C@@H]1COC2(CCCCC2)N1C(=O)c1cccc(F)c1. The van der Waals surface area contributed by atoms with Crippen LogP contribution in [0.25, 0.3) is 0 Å². The molecule has 1 heterocycles. The van der Waals surface area contributed by atoms with Crippen molar-refractivity contribution < 1.29 is 18.7 Å². The van der Waals surface area contributed by atoms with Crippen molar-refractivity contribution in [2.45, 2.75) is 63.8 Å². The van der Waals surface area contributed by atoms with E-state index in [0.29, 0.717) is 12.8 Å². The van der Waals surface area contributed by atoms with E-state index in [2.05, 4.69) is 5.32 Å². The maximum Gasteiger partial charge on any atom is 0.256 e. The van der Waals surface area contributed by atoms with Gasteiger partial charge in [-0.15, -0.1) is 0 Å². The summed E-state index contributed by atoms with van der Waals surface area (Å²) in [7, 11) is 0. The molecule has 1 aliphatic heterocycles. The van der Waals surface area contributed by atoms with E-state index >= 15 is 0 Å². The second-order valence-electron chi connectivity index (χ2n) is 7.18. The van der Waals surface area contributed by atoms with Crippen molar-refractivity contribution in [3.05, 3.63) is 35.6 Å². The maximum atomic E-state index is 13.6. The lowest BCUT2D eigenvalue weighted by atomic mass is 9.89. The number of halogens is 1. The Morgan fingerprint density at radius 3 is 2.64 bits per heavy atom. The third kappa shape index (κ3) is 3.54. The van der Waals surface area contributed by atoms with E-state index in [1.165, 1.54) is 18.2 Å². The zero-order chi connectivity index (χ0) is 18.0. The Hall–Kier alpha value is -1.95. The summed E-state index contributed by atoms with van der Waals surface area (Å²) in [6.07, 6.45) is 4.41. The molecule has 136 valence electrons. The molecule has 0 unspecified atom stereocenters. The molecule has 1 aromatic carbocycles. The quantitative estimate of drug-likeness (QED) is 0.914. The van der Waals surface area contributed by atoms with E-state index in [4.69, 9.17) is 4.74 Å². The number of carbonyl (C=O) groups excluding carboxylic acids is 2. The van der Waals surface area contributed by atoms with Crippen LogP contribution in [-0.2, 0) is 9.53 Å². The molecule has 1 saturated heterocycles. The van der Waals surface area contributed by atoms with Crippen LogP contribution in [0, 0.1) is 5.82 Å². The van der Waals surface area contributed by atoms with Gasteiger partial charge in [0.25, 0.3) is 5.91 Å². The van der Waals surface area contributed by atoms with Crippen molar-refractivity contribution in [2.75, 3.05) is 6.61 Å². The van der Waals surface area contributed by atoms with Crippen LogP contribution in [0.15, 0.2) is 24.3 Å². The fraction of sp³-hybridized carbons (Fsp3) is 0.579. The number of amides is 2. The second-order valence-corrected chi connectivity index (χ2v) is 7.18. The highest BCUT2D eigenvalue weighted by molar-refractivity contribution is 5.98. The van der Waals surface area contributed by atoms with E-state index in [0.717, 1.165) is 19.3 Å². The molecule has 1 saturated carbocycles. The zero-order valence-corrected chi connectivity index (χ0v) is 14.8.